The van der Waals surface area contributed by atoms with Gasteiger partial charge in [0.25, 0.3) is 5.91 Å². The maximum absolute atomic E-state index is 12.5. The molecule has 0 fully saturated rings. The van der Waals surface area contributed by atoms with Crippen LogP contribution in [-0.4, -0.2) is 62.5 Å². The van der Waals surface area contributed by atoms with E-state index >= 15 is 0 Å². The maximum atomic E-state index is 12.5. The van der Waals surface area contributed by atoms with E-state index in [-0.39, 0.29) is 18.4 Å². The predicted molar refractivity (Wildman–Crippen MR) is 82.9 cm³/mol. The molecule has 0 saturated carbocycles. The van der Waals surface area contributed by atoms with Crippen molar-refractivity contribution in [3.63, 3.8) is 0 Å². The molecule has 0 aromatic heterocycles. The summed E-state index contributed by atoms with van der Waals surface area (Å²) >= 11 is 11.8. The number of nitrogens with zero attached hydrogens (tertiary/aromatic N) is 2. The molecule has 0 aliphatic heterocycles. The second-order valence-electron chi connectivity index (χ2n) is 4.67. The lowest BCUT2D eigenvalue weighted by Gasteiger charge is -2.23. The van der Waals surface area contributed by atoms with E-state index in [0.717, 1.165) is 0 Å². The molecule has 1 rings (SSSR count). The fourth-order valence-corrected chi connectivity index (χ4v) is 2.14. The predicted octanol–water partition coefficient (Wildman–Crippen LogP) is 2.17. The largest absolute Gasteiger partial charge is 0.383 e. The Bertz CT molecular complexity index is 501. The number of hydrogen-bond acceptors (Lipinski definition) is 3. The smallest absolute Gasteiger partial charge is 0.254 e. The standard InChI is InChI=1S/C14H18Cl2N2O3/c1-17(2)13(19)9-18(4-5-21-3)14(20)10-6-11(15)8-12(16)7-10/h6-8H,4-5,9H2,1-3H3. The molecule has 1 aromatic rings. The van der Waals surface area contributed by atoms with Crippen molar-refractivity contribution < 1.29 is 14.3 Å². The van der Waals surface area contributed by atoms with Gasteiger partial charge in [-0.05, 0) is 18.2 Å². The van der Waals surface area contributed by atoms with Gasteiger partial charge in [0, 0.05) is 43.4 Å². The number of ether oxygens (including phenoxy) is 1. The van der Waals surface area contributed by atoms with Crippen molar-refractivity contribution in [2.24, 2.45) is 0 Å². The highest BCUT2D eigenvalue weighted by atomic mass is 35.5. The summed E-state index contributed by atoms with van der Waals surface area (Å²) in [5.41, 5.74) is 0.343. The molecule has 2 amide bonds. The van der Waals surface area contributed by atoms with E-state index < -0.39 is 0 Å². The molecule has 0 atom stereocenters. The van der Waals surface area contributed by atoms with Crippen molar-refractivity contribution in [2.45, 2.75) is 0 Å². The molecule has 0 aliphatic rings. The number of carbonyl (C=O) groups is 2. The first-order valence-corrected chi connectivity index (χ1v) is 7.05. The minimum Gasteiger partial charge on any atom is -0.383 e. The Morgan fingerprint density at radius 3 is 2.19 bits per heavy atom. The van der Waals surface area contributed by atoms with Gasteiger partial charge in [-0.25, -0.2) is 0 Å². The third kappa shape index (κ3) is 5.53. The second kappa shape index (κ2) is 8.22. The molecular formula is C14H18Cl2N2O3. The zero-order valence-corrected chi connectivity index (χ0v) is 13.7. The minimum atomic E-state index is -0.313. The normalized spacial score (nSPS) is 10.3. The minimum absolute atomic E-state index is 0.0284. The van der Waals surface area contributed by atoms with E-state index in [1.54, 1.807) is 20.2 Å². The maximum Gasteiger partial charge on any atom is 0.254 e. The van der Waals surface area contributed by atoms with Crippen molar-refractivity contribution in [3.8, 4) is 0 Å². The number of methoxy groups -OCH3 is 1. The van der Waals surface area contributed by atoms with Crippen LogP contribution in [0.2, 0.25) is 10.0 Å². The Kier molecular flexibility index (Phi) is 6.95. The average Bonchev–Trinajstić information content (AvgIpc) is 2.41. The average molecular weight is 333 g/mol. The van der Waals surface area contributed by atoms with Gasteiger partial charge in [-0.2, -0.15) is 0 Å². The van der Waals surface area contributed by atoms with Crippen LogP contribution in [-0.2, 0) is 9.53 Å². The van der Waals surface area contributed by atoms with Crippen LogP contribution in [0.15, 0.2) is 18.2 Å². The monoisotopic (exact) mass is 332 g/mol. The Hall–Kier alpha value is -1.30. The lowest BCUT2D eigenvalue weighted by atomic mass is 10.2. The van der Waals surface area contributed by atoms with Gasteiger partial charge in [0.1, 0.15) is 6.54 Å². The van der Waals surface area contributed by atoms with Gasteiger partial charge in [0.2, 0.25) is 5.91 Å². The Morgan fingerprint density at radius 2 is 1.71 bits per heavy atom. The van der Waals surface area contributed by atoms with Gasteiger partial charge < -0.3 is 14.5 Å². The molecule has 7 heteroatoms. The van der Waals surface area contributed by atoms with Gasteiger partial charge in [-0.1, -0.05) is 23.2 Å². The summed E-state index contributed by atoms with van der Waals surface area (Å²) in [6.07, 6.45) is 0. The number of amides is 2. The highest BCUT2D eigenvalue weighted by Gasteiger charge is 2.20. The summed E-state index contributed by atoms with van der Waals surface area (Å²) in [7, 11) is 4.81. The summed E-state index contributed by atoms with van der Waals surface area (Å²) < 4.78 is 4.98. The van der Waals surface area contributed by atoms with E-state index in [1.807, 2.05) is 0 Å². The van der Waals surface area contributed by atoms with E-state index in [4.69, 9.17) is 27.9 Å². The number of benzene rings is 1. The Balaban J connectivity index is 2.95. The van der Waals surface area contributed by atoms with Crippen LogP contribution >= 0.6 is 23.2 Å². The Morgan fingerprint density at radius 1 is 1.14 bits per heavy atom. The van der Waals surface area contributed by atoms with Gasteiger partial charge in [-0.3, -0.25) is 9.59 Å². The SMILES string of the molecule is COCCN(CC(=O)N(C)C)C(=O)c1cc(Cl)cc(Cl)c1. The number of likely N-dealkylation sites (N-methyl/N-ethyl adjacent to an activating group) is 1. The first kappa shape index (κ1) is 17.8. The molecule has 0 heterocycles. The highest BCUT2D eigenvalue weighted by molar-refractivity contribution is 6.35. The fourth-order valence-electron chi connectivity index (χ4n) is 1.62. The topological polar surface area (TPSA) is 49.9 Å². The molecule has 0 radical (unpaired) electrons. The molecule has 0 saturated heterocycles. The Labute approximate surface area is 134 Å². The lowest BCUT2D eigenvalue weighted by Crippen LogP contribution is -2.41. The highest BCUT2D eigenvalue weighted by Crippen LogP contribution is 2.20. The first-order chi connectivity index (χ1) is 9.85. The fraction of sp³-hybridized carbons (Fsp3) is 0.429. The quantitative estimate of drug-likeness (QED) is 0.802. The van der Waals surface area contributed by atoms with Gasteiger partial charge in [0.05, 0.1) is 6.61 Å². The second-order valence-corrected chi connectivity index (χ2v) is 5.54. The van der Waals surface area contributed by atoms with Crippen LogP contribution in [0.1, 0.15) is 10.4 Å². The molecule has 0 spiro atoms. The van der Waals surface area contributed by atoms with Gasteiger partial charge in [0.15, 0.2) is 0 Å². The molecule has 5 nitrogen and oxygen atoms in total. The summed E-state index contributed by atoms with van der Waals surface area (Å²) in [6.45, 7) is 0.610. The third-order valence-electron chi connectivity index (χ3n) is 2.79. The van der Waals surface area contributed by atoms with Crippen molar-refractivity contribution in [1.82, 2.24) is 9.80 Å². The van der Waals surface area contributed by atoms with Crippen LogP contribution < -0.4 is 0 Å². The summed E-state index contributed by atoms with van der Waals surface area (Å²) in [6, 6.07) is 4.59. The van der Waals surface area contributed by atoms with Crippen LogP contribution in [0, 0.1) is 0 Å². The number of hydrogen-bond donors (Lipinski definition) is 0. The lowest BCUT2D eigenvalue weighted by molar-refractivity contribution is -0.129. The zero-order chi connectivity index (χ0) is 16.0. The van der Waals surface area contributed by atoms with Crippen LogP contribution in [0.4, 0.5) is 0 Å². The van der Waals surface area contributed by atoms with Gasteiger partial charge >= 0.3 is 0 Å². The zero-order valence-electron chi connectivity index (χ0n) is 12.2. The summed E-state index contributed by atoms with van der Waals surface area (Å²) in [5, 5.41) is 0.743. The summed E-state index contributed by atoms with van der Waals surface area (Å²) in [5.74, 6) is -0.487. The number of carbonyl (C=O) groups excluding carboxylic acids is 2. The molecule has 21 heavy (non-hydrogen) atoms. The van der Waals surface area contributed by atoms with Crippen molar-refractivity contribution in [1.29, 1.82) is 0 Å². The third-order valence-corrected chi connectivity index (χ3v) is 3.22. The van der Waals surface area contributed by atoms with E-state index in [9.17, 15) is 9.59 Å². The van der Waals surface area contributed by atoms with Crippen LogP contribution in [0.3, 0.4) is 0 Å². The van der Waals surface area contributed by atoms with E-state index in [1.165, 1.54) is 29.0 Å². The van der Waals surface area contributed by atoms with Crippen molar-refractivity contribution in [3.05, 3.63) is 33.8 Å². The van der Waals surface area contributed by atoms with Crippen LogP contribution in [0.5, 0.6) is 0 Å². The molecular weight excluding hydrogens is 315 g/mol. The van der Waals surface area contributed by atoms with Crippen LogP contribution in [0.25, 0.3) is 0 Å². The molecule has 0 unspecified atom stereocenters. The molecule has 1 aromatic carbocycles. The molecule has 0 bridgehead atoms. The number of halogens is 2. The number of rotatable bonds is 6. The van der Waals surface area contributed by atoms with Gasteiger partial charge in [-0.15, -0.1) is 0 Å². The molecule has 0 N–H and O–H groups in total. The van der Waals surface area contributed by atoms with E-state index in [0.29, 0.717) is 28.8 Å². The molecule has 0 aliphatic carbocycles. The first-order valence-electron chi connectivity index (χ1n) is 6.29. The van der Waals surface area contributed by atoms with Crippen molar-refractivity contribution in [2.75, 3.05) is 40.9 Å². The molecule has 116 valence electrons. The van der Waals surface area contributed by atoms with E-state index in [2.05, 4.69) is 0 Å². The van der Waals surface area contributed by atoms with Crippen molar-refractivity contribution >= 4 is 35.0 Å². The summed E-state index contributed by atoms with van der Waals surface area (Å²) in [4.78, 5) is 27.2.